The van der Waals surface area contributed by atoms with E-state index in [1.165, 1.54) is 64.6 Å². The van der Waals surface area contributed by atoms with Crippen molar-refractivity contribution in [2.45, 2.75) is 64.0 Å². The van der Waals surface area contributed by atoms with Crippen molar-refractivity contribution in [2.75, 3.05) is 40.8 Å². The molecule has 0 aromatic carbocycles. The summed E-state index contributed by atoms with van der Waals surface area (Å²) in [5, 5.41) is 3.53. The van der Waals surface area contributed by atoms with E-state index in [4.69, 9.17) is 0 Å². The standard InChI is InChI=1S/C16H35N3/c1-5-6-7-8-9-10-15(17-2)13-16-14-18(3)11-12-19(16)4/h15-17H,5-14H2,1-4H3. The number of nitrogens with zero attached hydrogens (tertiary/aromatic N) is 2. The summed E-state index contributed by atoms with van der Waals surface area (Å²) in [6.07, 6.45) is 9.59. The Labute approximate surface area is 120 Å². The van der Waals surface area contributed by atoms with Gasteiger partial charge >= 0.3 is 0 Å². The van der Waals surface area contributed by atoms with E-state index >= 15 is 0 Å². The van der Waals surface area contributed by atoms with Gasteiger partial charge in [-0.2, -0.15) is 0 Å². The van der Waals surface area contributed by atoms with E-state index in [1.807, 2.05) is 0 Å². The molecule has 19 heavy (non-hydrogen) atoms. The second kappa shape index (κ2) is 9.73. The Bertz CT molecular complexity index is 220. The Morgan fingerprint density at radius 1 is 1.11 bits per heavy atom. The summed E-state index contributed by atoms with van der Waals surface area (Å²) in [4.78, 5) is 5.01. The van der Waals surface area contributed by atoms with Crippen molar-refractivity contribution in [2.24, 2.45) is 0 Å². The highest BCUT2D eigenvalue weighted by Gasteiger charge is 2.24. The van der Waals surface area contributed by atoms with Gasteiger partial charge in [-0.3, -0.25) is 0 Å². The van der Waals surface area contributed by atoms with Crippen LogP contribution in [0.25, 0.3) is 0 Å². The molecule has 0 bridgehead atoms. The fraction of sp³-hybridized carbons (Fsp3) is 1.00. The quantitative estimate of drug-likeness (QED) is 0.649. The van der Waals surface area contributed by atoms with Crippen LogP contribution in [0.4, 0.5) is 0 Å². The fourth-order valence-corrected chi connectivity index (χ4v) is 3.06. The second-order valence-electron chi connectivity index (χ2n) is 6.32. The van der Waals surface area contributed by atoms with Crippen molar-refractivity contribution in [1.29, 1.82) is 0 Å². The monoisotopic (exact) mass is 269 g/mol. The highest BCUT2D eigenvalue weighted by Crippen LogP contribution is 2.15. The summed E-state index contributed by atoms with van der Waals surface area (Å²) < 4.78 is 0. The molecule has 0 spiro atoms. The molecule has 1 rings (SSSR count). The largest absolute Gasteiger partial charge is 0.317 e. The van der Waals surface area contributed by atoms with E-state index in [-0.39, 0.29) is 0 Å². The lowest BCUT2D eigenvalue weighted by Gasteiger charge is -2.39. The summed E-state index contributed by atoms with van der Waals surface area (Å²) in [7, 11) is 6.66. The predicted octanol–water partition coefficient (Wildman–Crippen LogP) is 2.57. The normalized spacial score (nSPS) is 23.7. The minimum atomic E-state index is 0.695. The number of hydrogen-bond donors (Lipinski definition) is 1. The first-order chi connectivity index (χ1) is 9.17. The van der Waals surface area contributed by atoms with Gasteiger partial charge in [-0.1, -0.05) is 39.0 Å². The van der Waals surface area contributed by atoms with Crippen molar-refractivity contribution in [3.63, 3.8) is 0 Å². The van der Waals surface area contributed by atoms with Gasteiger partial charge < -0.3 is 15.1 Å². The van der Waals surface area contributed by atoms with E-state index in [2.05, 4.69) is 43.2 Å². The molecule has 0 aromatic rings. The van der Waals surface area contributed by atoms with Crippen LogP contribution in [0.2, 0.25) is 0 Å². The molecular weight excluding hydrogens is 234 g/mol. The van der Waals surface area contributed by atoms with Crippen molar-refractivity contribution in [3.8, 4) is 0 Å². The predicted molar refractivity (Wildman–Crippen MR) is 84.8 cm³/mol. The van der Waals surface area contributed by atoms with Crippen LogP contribution in [0.15, 0.2) is 0 Å². The SMILES string of the molecule is CCCCCCCC(CC1CN(C)CCN1C)NC. The molecule has 114 valence electrons. The minimum absolute atomic E-state index is 0.695. The Balaban J connectivity index is 2.22. The van der Waals surface area contributed by atoms with E-state index in [9.17, 15) is 0 Å². The summed E-state index contributed by atoms with van der Waals surface area (Å²) in [5.41, 5.74) is 0. The molecule has 1 aliphatic rings. The zero-order valence-corrected chi connectivity index (χ0v) is 13.6. The maximum absolute atomic E-state index is 3.53. The van der Waals surface area contributed by atoms with Crippen LogP contribution in [-0.2, 0) is 0 Å². The van der Waals surface area contributed by atoms with E-state index in [0.717, 1.165) is 6.04 Å². The van der Waals surface area contributed by atoms with Gasteiger partial charge in [0.15, 0.2) is 0 Å². The van der Waals surface area contributed by atoms with Gasteiger partial charge in [0.2, 0.25) is 0 Å². The lowest BCUT2D eigenvalue weighted by atomic mass is 9.98. The maximum atomic E-state index is 3.53. The van der Waals surface area contributed by atoms with Crippen LogP contribution in [0.5, 0.6) is 0 Å². The van der Waals surface area contributed by atoms with Crippen molar-refractivity contribution < 1.29 is 0 Å². The molecule has 1 N–H and O–H groups in total. The first-order valence-electron chi connectivity index (χ1n) is 8.23. The average molecular weight is 269 g/mol. The van der Waals surface area contributed by atoms with Crippen LogP contribution >= 0.6 is 0 Å². The molecule has 0 saturated carbocycles. The summed E-state index contributed by atoms with van der Waals surface area (Å²) >= 11 is 0. The molecule has 1 saturated heterocycles. The first-order valence-corrected chi connectivity index (χ1v) is 8.23. The number of nitrogens with one attached hydrogen (secondary N) is 1. The highest BCUT2D eigenvalue weighted by atomic mass is 15.3. The molecule has 2 unspecified atom stereocenters. The summed E-state index contributed by atoms with van der Waals surface area (Å²) in [5.74, 6) is 0. The Kier molecular flexibility index (Phi) is 8.67. The van der Waals surface area contributed by atoms with Crippen molar-refractivity contribution >= 4 is 0 Å². The van der Waals surface area contributed by atoms with Gasteiger partial charge in [-0.15, -0.1) is 0 Å². The Morgan fingerprint density at radius 2 is 1.84 bits per heavy atom. The number of hydrogen-bond acceptors (Lipinski definition) is 3. The van der Waals surface area contributed by atoms with Gasteiger partial charge in [-0.05, 0) is 34.0 Å². The molecule has 0 radical (unpaired) electrons. The van der Waals surface area contributed by atoms with Crippen LogP contribution < -0.4 is 5.32 Å². The molecule has 1 heterocycles. The Morgan fingerprint density at radius 3 is 2.53 bits per heavy atom. The number of rotatable bonds is 9. The third kappa shape index (κ3) is 6.73. The molecule has 3 heteroatoms. The summed E-state index contributed by atoms with van der Waals surface area (Å²) in [6, 6.07) is 1.42. The second-order valence-corrected chi connectivity index (χ2v) is 6.32. The third-order valence-electron chi connectivity index (χ3n) is 4.60. The zero-order valence-electron chi connectivity index (χ0n) is 13.6. The number of unbranched alkanes of at least 4 members (excludes halogenated alkanes) is 4. The maximum Gasteiger partial charge on any atom is 0.0235 e. The van der Waals surface area contributed by atoms with Gasteiger partial charge in [0.1, 0.15) is 0 Å². The van der Waals surface area contributed by atoms with Crippen molar-refractivity contribution in [3.05, 3.63) is 0 Å². The summed E-state index contributed by atoms with van der Waals surface area (Å²) in [6.45, 7) is 5.94. The molecule has 0 aromatic heterocycles. The molecule has 1 aliphatic heterocycles. The smallest absolute Gasteiger partial charge is 0.0235 e. The highest BCUT2D eigenvalue weighted by molar-refractivity contribution is 4.82. The first kappa shape index (κ1) is 16.9. The van der Waals surface area contributed by atoms with Gasteiger partial charge in [-0.25, -0.2) is 0 Å². The van der Waals surface area contributed by atoms with E-state index in [1.54, 1.807) is 0 Å². The van der Waals surface area contributed by atoms with Gasteiger partial charge in [0.05, 0.1) is 0 Å². The topological polar surface area (TPSA) is 18.5 Å². The van der Waals surface area contributed by atoms with Crippen molar-refractivity contribution in [1.82, 2.24) is 15.1 Å². The molecular formula is C16H35N3. The van der Waals surface area contributed by atoms with E-state index < -0.39 is 0 Å². The molecule has 1 fully saturated rings. The van der Waals surface area contributed by atoms with Gasteiger partial charge in [0, 0.05) is 31.7 Å². The average Bonchev–Trinajstić information content (AvgIpc) is 2.41. The zero-order chi connectivity index (χ0) is 14.1. The number of piperazine rings is 1. The Hall–Kier alpha value is -0.120. The molecule has 0 aliphatic carbocycles. The van der Waals surface area contributed by atoms with Crippen LogP contribution in [0.1, 0.15) is 51.9 Å². The van der Waals surface area contributed by atoms with Crippen LogP contribution in [0.3, 0.4) is 0 Å². The minimum Gasteiger partial charge on any atom is -0.317 e. The van der Waals surface area contributed by atoms with Crippen LogP contribution in [-0.4, -0.2) is 62.7 Å². The molecule has 2 atom stereocenters. The van der Waals surface area contributed by atoms with E-state index in [0.29, 0.717) is 6.04 Å². The molecule has 3 nitrogen and oxygen atoms in total. The molecule has 0 amide bonds. The van der Waals surface area contributed by atoms with Gasteiger partial charge in [0.25, 0.3) is 0 Å². The lowest BCUT2D eigenvalue weighted by molar-refractivity contribution is 0.101. The third-order valence-corrected chi connectivity index (χ3v) is 4.60. The fourth-order valence-electron chi connectivity index (χ4n) is 3.06. The lowest BCUT2D eigenvalue weighted by Crippen LogP contribution is -2.52. The number of likely N-dealkylation sites (N-methyl/N-ethyl adjacent to an activating group) is 2. The van der Waals surface area contributed by atoms with Crippen LogP contribution in [0, 0.1) is 0 Å².